The molecule has 2 fully saturated rings. The number of nitrogens with one attached hydrogen (secondary N) is 2. The van der Waals surface area contributed by atoms with Gasteiger partial charge in [0.15, 0.2) is 0 Å². The van der Waals surface area contributed by atoms with Crippen molar-refractivity contribution in [3.05, 3.63) is 71.3 Å². The number of alkyl carbamates (subject to hydrolysis) is 2. The van der Waals surface area contributed by atoms with E-state index in [1.807, 2.05) is 21.9 Å². The molecular weight excluding hydrogens is 771 g/mol. The summed E-state index contributed by atoms with van der Waals surface area (Å²) in [6.45, 7) is 12.5. The lowest BCUT2D eigenvalue weighted by atomic mass is 9.94. The topological polar surface area (TPSA) is 127 Å². The quantitative estimate of drug-likeness (QED) is 0.199. The molecule has 4 aliphatic heterocycles. The Morgan fingerprint density at radius 2 is 1.03 bits per heavy atom. The molecule has 14 heteroatoms. The van der Waals surface area contributed by atoms with Gasteiger partial charge >= 0.3 is 12.2 Å². The molecule has 0 radical (unpaired) electrons. The maximum absolute atomic E-state index is 15.1. The smallest absolute Gasteiger partial charge is 0.408 e. The number of rotatable bonds is 2. The SMILES string of the molecule is CC(C)(C)OC(=O)N[C@H]1C/C=C/C[C@H](NC(=O)OC(C)(C)C)C(=O)N2CCC[C@H]2Cc2c3n(c4cc(F)ccc24)CCn2c-3c(c3ccc(F)cc32)C[C@@H]2CCCN2C1=O. The predicted molar refractivity (Wildman–Crippen MR) is 224 cm³/mol. The highest BCUT2D eigenvalue weighted by molar-refractivity contribution is 5.98. The van der Waals surface area contributed by atoms with Crippen LogP contribution in [0.4, 0.5) is 18.4 Å². The van der Waals surface area contributed by atoms with Gasteiger partial charge in [-0.15, -0.1) is 0 Å². The number of ether oxygens (including phenoxy) is 2. The van der Waals surface area contributed by atoms with Crippen molar-refractivity contribution in [2.45, 2.75) is 141 Å². The number of amides is 4. The normalized spacial score (nSPS) is 23.1. The Kier molecular flexibility index (Phi) is 10.9. The fourth-order valence-corrected chi connectivity index (χ4v) is 9.76. The van der Waals surface area contributed by atoms with Crippen LogP contribution in [0.25, 0.3) is 33.2 Å². The molecule has 2 aromatic carbocycles. The second-order valence-corrected chi connectivity index (χ2v) is 18.7. The summed E-state index contributed by atoms with van der Waals surface area (Å²) in [5.41, 5.74) is 3.65. The number of fused-ring (bicyclic) bond motifs is 8. The first-order chi connectivity index (χ1) is 28.5. The lowest BCUT2D eigenvalue weighted by Gasteiger charge is -2.31. The van der Waals surface area contributed by atoms with Crippen LogP contribution in [0.5, 0.6) is 0 Å². The van der Waals surface area contributed by atoms with Gasteiger partial charge in [0.2, 0.25) is 11.8 Å². The number of carbonyl (C=O) groups excluding carboxylic acids is 4. The van der Waals surface area contributed by atoms with Gasteiger partial charge in [-0.3, -0.25) is 9.59 Å². The van der Waals surface area contributed by atoms with Crippen molar-refractivity contribution < 1.29 is 37.4 Å². The average molecular weight is 827 g/mol. The second-order valence-electron chi connectivity index (χ2n) is 18.7. The van der Waals surface area contributed by atoms with Crippen LogP contribution in [0.2, 0.25) is 0 Å². The molecule has 0 spiro atoms. The maximum Gasteiger partial charge on any atom is 0.408 e. The summed E-state index contributed by atoms with van der Waals surface area (Å²) in [5.74, 6) is -1.24. The van der Waals surface area contributed by atoms with Crippen molar-refractivity contribution in [3.8, 4) is 11.4 Å². The van der Waals surface area contributed by atoms with E-state index in [-0.39, 0.29) is 48.4 Å². The lowest BCUT2D eigenvalue weighted by molar-refractivity contribution is -0.135. The predicted octanol–water partition coefficient (Wildman–Crippen LogP) is 7.76. The number of aryl methyl sites for hydroxylation is 2. The number of hydrogen-bond acceptors (Lipinski definition) is 6. The zero-order valence-electron chi connectivity index (χ0n) is 35.4. The van der Waals surface area contributed by atoms with Crippen LogP contribution in [-0.2, 0) is 45.0 Å². The number of nitrogens with zero attached hydrogens (tertiary/aromatic N) is 4. The minimum Gasteiger partial charge on any atom is -0.444 e. The molecule has 2 N–H and O–H groups in total. The number of hydrogen-bond donors (Lipinski definition) is 2. The van der Waals surface area contributed by atoms with Crippen molar-refractivity contribution in [1.82, 2.24) is 29.6 Å². The number of aromatic nitrogens is 2. The molecule has 2 saturated heterocycles. The Morgan fingerprint density at radius 1 is 0.633 bits per heavy atom. The van der Waals surface area contributed by atoms with Crippen LogP contribution in [0.3, 0.4) is 0 Å². The molecule has 2 aromatic heterocycles. The highest BCUT2D eigenvalue weighted by Crippen LogP contribution is 2.45. The summed E-state index contributed by atoms with van der Waals surface area (Å²) in [6, 6.07) is 7.28. The molecule has 6 heterocycles. The van der Waals surface area contributed by atoms with Gasteiger partial charge in [0.1, 0.15) is 34.9 Å². The van der Waals surface area contributed by atoms with Crippen LogP contribution in [0.1, 0.15) is 91.2 Å². The molecule has 0 bridgehead atoms. The van der Waals surface area contributed by atoms with Crippen molar-refractivity contribution >= 4 is 45.8 Å². The molecular formula is C46H56F2N6O6. The van der Waals surface area contributed by atoms with E-state index in [9.17, 15) is 19.2 Å². The van der Waals surface area contributed by atoms with Crippen LogP contribution < -0.4 is 10.6 Å². The summed E-state index contributed by atoms with van der Waals surface area (Å²) >= 11 is 0. The summed E-state index contributed by atoms with van der Waals surface area (Å²) in [7, 11) is 0. The highest BCUT2D eigenvalue weighted by Gasteiger charge is 2.40. The van der Waals surface area contributed by atoms with E-state index in [1.165, 1.54) is 12.1 Å². The van der Waals surface area contributed by atoms with Gasteiger partial charge < -0.3 is 39.0 Å². The van der Waals surface area contributed by atoms with Gasteiger partial charge in [-0.25, -0.2) is 18.4 Å². The van der Waals surface area contributed by atoms with E-state index in [4.69, 9.17) is 9.47 Å². The van der Waals surface area contributed by atoms with E-state index >= 15 is 8.78 Å². The molecule has 8 rings (SSSR count). The first-order valence-corrected chi connectivity index (χ1v) is 21.3. The third-order valence-corrected chi connectivity index (χ3v) is 12.1. The zero-order valence-corrected chi connectivity index (χ0v) is 35.4. The van der Waals surface area contributed by atoms with Gasteiger partial charge in [-0.1, -0.05) is 12.2 Å². The maximum atomic E-state index is 15.1. The molecule has 320 valence electrons. The minimum absolute atomic E-state index is 0.116. The number of halogens is 2. The van der Waals surface area contributed by atoms with E-state index in [2.05, 4.69) is 19.8 Å². The van der Waals surface area contributed by atoms with E-state index < -0.39 is 35.5 Å². The number of benzene rings is 2. The average Bonchev–Trinajstić information content (AvgIpc) is 3.95. The Bertz CT molecular complexity index is 2220. The van der Waals surface area contributed by atoms with Crippen LogP contribution in [0.15, 0.2) is 48.6 Å². The van der Waals surface area contributed by atoms with E-state index in [0.29, 0.717) is 39.0 Å². The molecule has 4 aromatic rings. The summed E-state index contributed by atoms with van der Waals surface area (Å²) in [4.78, 5) is 59.5. The second kappa shape index (κ2) is 15.9. The third kappa shape index (κ3) is 8.21. The third-order valence-electron chi connectivity index (χ3n) is 12.1. The fraction of sp³-hybridized carbons (Fsp3) is 0.522. The largest absolute Gasteiger partial charge is 0.444 e. The highest BCUT2D eigenvalue weighted by atomic mass is 19.1. The number of carbonyl (C=O) groups is 4. The molecule has 0 aliphatic carbocycles. The van der Waals surface area contributed by atoms with Gasteiger partial charge in [0, 0.05) is 49.0 Å². The zero-order chi connectivity index (χ0) is 42.7. The molecule has 4 atom stereocenters. The Morgan fingerprint density at radius 3 is 1.42 bits per heavy atom. The van der Waals surface area contributed by atoms with Gasteiger partial charge in [0.05, 0.1) is 22.4 Å². The molecule has 0 unspecified atom stereocenters. The van der Waals surface area contributed by atoms with Crippen molar-refractivity contribution in [2.24, 2.45) is 0 Å². The van der Waals surface area contributed by atoms with Crippen LogP contribution in [0, 0.1) is 11.6 Å². The van der Waals surface area contributed by atoms with Gasteiger partial charge in [-0.05, 0) is 140 Å². The first kappa shape index (κ1) is 41.3. The van der Waals surface area contributed by atoms with Crippen molar-refractivity contribution in [3.63, 3.8) is 0 Å². The van der Waals surface area contributed by atoms with Crippen LogP contribution >= 0.6 is 0 Å². The standard InChI is InChI=1S/C46H56F2N6O6/c1-45(2,3)59-43(57)49-35-13-7-8-14-36(50-44(58)60-46(4,5)6)42(56)52-20-10-12-30(52)26-34-32-18-16-28(48)24-38(32)54-22-21-53-37-23-27(47)15-17-31(37)33(39(53)40(34)54)25-29-11-9-19-51(29)41(35)55/h7-8,15-18,23-24,29-30,35-36H,9-14,19-22,25-26H2,1-6H3,(H,49,57)(H,50,58)/b8-7+/t29-,30-,35-,36-/m0/s1. The molecule has 4 aliphatic rings. The Balaban J connectivity index is 1.29. The van der Waals surface area contributed by atoms with Crippen molar-refractivity contribution in [2.75, 3.05) is 13.1 Å². The molecule has 60 heavy (non-hydrogen) atoms. The van der Waals surface area contributed by atoms with Gasteiger partial charge in [-0.2, -0.15) is 0 Å². The Labute approximate surface area is 349 Å². The molecule has 12 nitrogen and oxygen atoms in total. The summed E-state index contributed by atoms with van der Waals surface area (Å²) < 4.78 is 45.8. The molecule has 0 saturated carbocycles. The summed E-state index contributed by atoms with van der Waals surface area (Å²) in [5, 5.41) is 7.42. The van der Waals surface area contributed by atoms with Crippen LogP contribution in [-0.4, -0.2) is 91.4 Å². The summed E-state index contributed by atoms with van der Waals surface area (Å²) in [6.07, 6.45) is 6.25. The fourth-order valence-electron chi connectivity index (χ4n) is 9.76. The Hall–Kier alpha value is -5.40. The van der Waals surface area contributed by atoms with E-state index in [0.717, 1.165) is 70.0 Å². The van der Waals surface area contributed by atoms with E-state index in [1.54, 1.807) is 65.8 Å². The first-order valence-electron chi connectivity index (χ1n) is 21.3. The molecule has 4 amide bonds. The van der Waals surface area contributed by atoms with Crippen molar-refractivity contribution in [1.29, 1.82) is 0 Å². The minimum atomic E-state index is -0.982. The lowest BCUT2D eigenvalue weighted by Crippen LogP contribution is -2.51. The monoisotopic (exact) mass is 826 g/mol. The van der Waals surface area contributed by atoms with Gasteiger partial charge in [0.25, 0.3) is 0 Å².